The second kappa shape index (κ2) is 6.95. The van der Waals surface area contributed by atoms with E-state index in [1.807, 2.05) is 19.1 Å². The number of aryl methyl sites for hydroxylation is 3. The number of aromatic nitrogens is 1. The minimum Gasteiger partial charge on any atom is -0.361 e. The third-order valence-corrected chi connectivity index (χ3v) is 5.00. The highest BCUT2D eigenvalue weighted by molar-refractivity contribution is 7.91. The van der Waals surface area contributed by atoms with Gasteiger partial charge in [0.15, 0.2) is 9.84 Å². The molecule has 1 heterocycles. The molecule has 0 radical (unpaired) electrons. The largest absolute Gasteiger partial charge is 0.361 e. The van der Waals surface area contributed by atoms with E-state index in [0.717, 1.165) is 12.0 Å². The third-order valence-electron chi connectivity index (χ3n) is 3.57. The SMILES string of the molecule is CCc1ccccc1NC(=O)CS(=O)(=O)Cc1c(C)noc1C. The first-order valence-corrected chi connectivity index (χ1v) is 9.14. The zero-order valence-electron chi connectivity index (χ0n) is 13.4. The molecule has 2 aromatic rings. The summed E-state index contributed by atoms with van der Waals surface area (Å²) in [4.78, 5) is 12.1. The Morgan fingerprint density at radius 3 is 2.57 bits per heavy atom. The Hall–Kier alpha value is -2.15. The van der Waals surface area contributed by atoms with Crippen LogP contribution in [0, 0.1) is 13.8 Å². The van der Waals surface area contributed by atoms with Gasteiger partial charge in [-0.25, -0.2) is 8.42 Å². The smallest absolute Gasteiger partial charge is 0.239 e. The molecule has 0 spiro atoms. The van der Waals surface area contributed by atoms with Crippen molar-refractivity contribution >= 4 is 21.4 Å². The number of anilines is 1. The molecule has 0 fully saturated rings. The molecule has 1 aromatic heterocycles. The van der Waals surface area contributed by atoms with Crippen LogP contribution in [-0.2, 0) is 26.8 Å². The van der Waals surface area contributed by atoms with Crippen molar-refractivity contribution in [1.82, 2.24) is 5.16 Å². The topological polar surface area (TPSA) is 89.3 Å². The minimum absolute atomic E-state index is 0.253. The van der Waals surface area contributed by atoms with Gasteiger partial charge in [0.05, 0.1) is 11.4 Å². The Morgan fingerprint density at radius 2 is 1.96 bits per heavy atom. The van der Waals surface area contributed by atoms with Crippen molar-refractivity contribution in [2.24, 2.45) is 0 Å². The first-order valence-electron chi connectivity index (χ1n) is 7.32. The molecule has 0 bridgehead atoms. The van der Waals surface area contributed by atoms with Gasteiger partial charge in [-0.05, 0) is 31.9 Å². The summed E-state index contributed by atoms with van der Waals surface area (Å²) in [6.45, 7) is 5.31. The zero-order chi connectivity index (χ0) is 17.0. The average molecular weight is 336 g/mol. The van der Waals surface area contributed by atoms with Crippen LogP contribution in [0.5, 0.6) is 0 Å². The van der Waals surface area contributed by atoms with Gasteiger partial charge in [0, 0.05) is 11.3 Å². The number of nitrogens with one attached hydrogen (secondary N) is 1. The monoisotopic (exact) mass is 336 g/mol. The minimum atomic E-state index is -3.60. The Balaban J connectivity index is 2.07. The molecule has 2 rings (SSSR count). The predicted molar refractivity (Wildman–Crippen MR) is 87.9 cm³/mol. The van der Waals surface area contributed by atoms with Crippen LogP contribution in [0.15, 0.2) is 28.8 Å². The Bertz CT molecular complexity index is 790. The van der Waals surface area contributed by atoms with Crippen LogP contribution in [0.25, 0.3) is 0 Å². The maximum atomic E-state index is 12.2. The highest BCUT2D eigenvalue weighted by atomic mass is 32.2. The maximum Gasteiger partial charge on any atom is 0.239 e. The molecule has 1 amide bonds. The van der Waals surface area contributed by atoms with Gasteiger partial charge in [0.25, 0.3) is 0 Å². The lowest BCUT2D eigenvalue weighted by molar-refractivity contribution is -0.113. The third kappa shape index (κ3) is 4.41. The van der Waals surface area contributed by atoms with E-state index in [0.29, 0.717) is 22.7 Å². The summed E-state index contributed by atoms with van der Waals surface area (Å²) >= 11 is 0. The molecule has 0 aliphatic carbocycles. The molecule has 0 saturated carbocycles. The van der Waals surface area contributed by atoms with E-state index < -0.39 is 21.5 Å². The lowest BCUT2D eigenvalue weighted by atomic mass is 10.1. The molecular formula is C16H20N2O4S. The first kappa shape index (κ1) is 17.2. The maximum absolute atomic E-state index is 12.2. The van der Waals surface area contributed by atoms with Crippen molar-refractivity contribution in [3.63, 3.8) is 0 Å². The Labute approximate surface area is 135 Å². The molecule has 124 valence electrons. The quantitative estimate of drug-likeness (QED) is 0.875. The molecule has 1 aromatic carbocycles. The molecule has 6 nitrogen and oxygen atoms in total. The summed E-state index contributed by atoms with van der Waals surface area (Å²) in [5.74, 6) is -0.910. The number of hydrogen-bond donors (Lipinski definition) is 1. The van der Waals surface area contributed by atoms with E-state index in [-0.39, 0.29) is 5.75 Å². The second-order valence-electron chi connectivity index (χ2n) is 5.39. The Morgan fingerprint density at radius 1 is 1.26 bits per heavy atom. The van der Waals surface area contributed by atoms with Gasteiger partial charge in [0.2, 0.25) is 5.91 Å². The van der Waals surface area contributed by atoms with Crippen LogP contribution >= 0.6 is 0 Å². The average Bonchev–Trinajstić information content (AvgIpc) is 2.78. The van der Waals surface area contributed by atoms with Crippen LogP contribution in [0.1, 0.15) is 29.5 Å². The molecule has 7 heteroatoms. The summed E-state index contributed by atoms with van der Waals surface area (Å²) in [5, 5.41) is 6.40. The lowest BCUT2D eigenvalue weighted by Gasteiger charge is -2.10. The predicted octanol–water partition coefficient (Wildman–Crippen LogP) is 2.41. The molecule has 0 aliphatic heterocycles. The van der Waals surface area contributed by atoms with Crippen molar-refractivity contribution in [3.8, 4) is 0 Å². The van der Waals surface area contributed by atoms with Gasteiger partial charge < -0.3 is 9.84 Å². The molecule has 23 heavy (non-hydrogen) atoms. The highest BCUT2D eigenvalue weighted by Gasteiger charge is 2.22. The number of benzene rings is 1. The fraction of sp³-hybridized carbons (Fsp3) is 0.375. The normalized spacial score (nSPS) is 11.4. The van der Waals surface area contributed by atoms with Crippen LogP contribution in [0.3, 0.4) is 0 Å². The zero-order valence-corrected chi connectivity index (χ0v) is 14.2. The number of nitrogens with zero attached hydrogens (tertiary/aromatic N) is 1. The van der Waals surface area contributed by atoms with Gasteiger partial charge in [-0.1, -0.05) is 30.3 Å². The van der Waals surface area contributed by atoms with E-state index in [1.54, 1.807) is 26.0 Å². The molecule has 0 unspecified atom stereocenters. The summed E-state index contributed by atoms with van der Waals surface area (Å²) in [5.41, 5.74) is 2.66. The number of carbonyl (C=O) groups excluding carboxylic acids is 1. The van der Waals surface area contributed by atoms with E-state index >= 15 is 0 Å². The lowest BCUT2D eigenvalue weighted by Crippen LogP contribution is -2.24. The summed E-state index contributed by atoms with van der Waals surface area (Å²) < 4.78 is 29.4. The van der Waals surface area contributed by atoms with Gasteiger partial charge in [0.1, 0.15) is 11.5 Å². The number of carbonyl (C=O) groups is 1. The molecule has 0 atom stereocenters. The van der Waals surface area contributed by atoms with Gasteiger partial charge in [-0.15, -0.1) is 0 Å². The molecule has 0 aliphatic rings. The van der Waals surface area contributed by atoms with E-state index in [1.165, 1.54) is 0 Å². The highest BCUT2D eigenvalue weighted by Crippen LogP contribution is 2.18. The van der Waals surface area contributed by atoms with Crippen molar-refractivity contribution in [1.29, 1.82) is 0 Å². The summed E-state index contributed by atoms with van der Waals surface area (Å²) in [6, 6.07) is 7.33. The number of para-hydroxylation sites is 1. The van der Waals surface area contributed by atoms with Crippen molar-refractivity contribution in [3.05, 3.63) is 46.8 Å². The van der Waals surface area contributed by atoms with E-state index in [2.05, 4.69) is 10.5 Å². The van der Waals surface area contributed by atoms with Crippen molar-refractivity contribution < 1.29 is 17.7 Å². The second-order valence-corrected chi connectivity index (χ2v) is 7.46. The van der Waals surface area contributed by atoms with Crippen LogP contribution < -0.4 is 5.32 Å². The van der Waals surface area contributed by atoms with Gasteiger partial charge >= 0.3 is 0 Å². The number of hydrogen-bond acceptors (Lipinski definition) is 5. The number of sulfone groups is 1. The Kier molecular flexibility index (Phi) is 5.20. The molecule has 0 saturated heterocycles. The summed E-state index contributed by atoms with van der Waals surface area (Å²) in [6.07, 6.45) is 0.752. The van der Waals surface area contributed by atoms with Crippen LogP contribution in [0.2, 0.25) is 0 Å². The fourth-order valence-electron chi connectivity index (χ4n) is 2.32. The van der Waals surface area contributed by atoms with E-state index in [4.69, 9.17) is 4.52 Å². The van der Waals surface area contributed by atoms with Crippen LogP contribution in [-0.4, -0.2) is 25.2 Å². The fourth-order valence-corrected chi connectivity index (χ4v) is 3.74. The number of rotatable bonds is 6. The van der Waals surface area contributed by atoms with Crippen LogP contribution in [0.4, 0.5) is 5.69 Å². The van der Waals surface area contributed by atoms with Crippen molar-refractivity contribution in [2.45, 2.75) is 32.9 Å². The first-order chi connectivity index (χ1) is 10.8. The van der Waals surface area contributed by atoms with Gasteiger partial charge in [-0.2, -0.15) is 0 Å². The van der Waals surface area contributed by atoms with E-state index in [9.17, 15) is 13.2 Å². The van der Waals surface area contributed by atoms with Crippen molar-refractivity contribution in [2.75, 3.05) is 11.1 Å². The summed E-state index contributed by atoms with van der Waals surface area (Å²) in [7, 11) is -3.60. The number of amides is 1. The molecule has 1 N–H and O–H groups in total. The van der Waals surface area contributed by atoms with Gasteiger partial charge in [-0.3, -0.25) is 4.79 Å². The standard InChI is InChI=1S/C16H20N2O4S/c1-4-13-7-5-6-8-15(13)17-16(19)10-23(20,21)9-14-11(2)18-22-12(14)3/h5-8H,4,9-10H2,1-3H3,(H,17,19). The molecular weight excluding hydrogens is 316 g/mol.